The SMILES string of the molecule is CCCCCCc1ccccc1NC(N)=O. The van der Waals surface area contributed by atoms with Crippen molar-refractivity contribution in [3.8, 4) is 0 Å². The Hall–Kier alpha value is -1.51. The molecule has 0 aliphatic rings. The Kier molecular flexibility index (Phi) is 5.40. The summed E-state index contributed by atoms with van der Waals surface area (Å²) >= 11 is 0. The highest BCUT2D eigenvalue weighted by molar-refractivity contribution is 5.88. The summed E-state index contributed by atoms with van der Waals surface area (Å²) in [4.78, 5) is 10.8. The smallest absolute Gasteiger partial charge is 0.316 e. The van der Waals surface area contributed by atoms with Crippen molar-refractivity contribution in [3.05, 3.63) is 29.8 Å². The quantitative estimate of drug-likeness (QED) is 0.710. The van der Waals surface area contributed by atoms with E-state index in [-0.39, 0.29) is 0 Å². The van der Waals surface area contributed by atoms with Crippen LogP contribution >= 0.6 is 0 Å². The number of nitrogens with one attached hydrogen (secondary N) is 1. The molecular weight excluding hydrogens is 200 g/mol. The average Bonchev–Trinajstić information content (AvgIpc) is 2.26. The molecular formula is C13H20N2O. The first-order chi connectivity index (χ1) is 7.74. The van der Waals surface area contributed by atoms with Crippen molar-refractivity contribution >= 4 is 11.7 Å². The van der Waals surface area contributed by atoms with Crippen molar-refractivity contribution in [1.29, 1.82) is 0 Å². The maximum absolute atomic E-state index is 10.8. The molecule has 0 fully saturated rings. The van der Waals surface area contributed by atoms with Gasteiger partial charge in [-0.15, -0.1) is 0 Å². The van der Waals surface area contributed by atoms with Gasteiger partial charge in [-0.3, -0.25) is 0 Å². The first-order valence-corrected chi connectivity index (χ1v) is 5.88. The van der Waals surface area contributed by atoms with Crippen LogP contribution in [0.4, 0.5) is 10.5 Å². The van der Waals surface area contributed by atoms with Gasteiger partial charge in [0.2, 0.25) is 0 Å². The fourth-order valence-electron chi connectivity index (χ4n) is 1.74. The molecule has 0 aliphatic carbocycles. The van der Waals surface area contributed by atoms with Gasteiger partial charge >= 0.3 is 6.03 Å². The van der Waals surface area contributed by atoms with Gasteiger partial charge in [-0.25, -0.2) is 4.79 Å². The van der Waals surface area contributed by atoms with Crippen LogP contribution in [0.2, 0.25) is 0 Å². The van der Waals surface area contributed by atoms with Crippen LogP contribution < -0.4 is 11.1 Å². The standard InChI is InChI=1S/C13H20N2O/c1-2-3-4-5-8-11-9-6-7-10-12(11)15-13(14)16/h6-7,9-10H,2-5,8H2,1H3,(H3,14,15,16). The molecule has 0 bridgehead atoms. The summed E-state index contributed by atoms with van der Waals surface area (Å²) in [7, 11) is 0. The Balaban J connectivity index is 2.53. The fraction of sp³-hybridized carbons (Fsp3) is 0.462. The minimum atomic E-state index is -0.499. The summed E-state index contributed by atoms with van der Waals surface area (Å²) in [6.45, 7) is 2.20. The summed E-state index contributed by atoms with van der Waals surface area (Å²) in [6.07, 6.45) is 5.90. The number of primary amides is 1. The Bertz CT molecular complexity index is 336. The molecule has 1 rings (SSSR count). The number of unbranched alkanes of at least 4 members (excludes halogenated alkanes) is 3. The van der Waals surface area contributed by atoms with Crippen molar-refractivity contribution in [2.45, 2.75) is 39.0 Å². The minimum Gasteiger partial charge on any atom is -0.351 e. The van der Waals surface area contributed by atoms with Crippen LogP contribution in [0.1, 0.15) is 38.2 Å². The zero-order valence-electron chi connectivity index (χ0n) is 9.83. The zero-order valence-corrected chi connectivity index (χ0v) is 9.83. The van der Waals surface area contributed by atoms with Crippen molar-refractivity contribution in [1.82, 2.24) is 0 Å². The van der Waals surface area contributed by atoms with Gasteiger partial charge in [-0.05, 0) is 24.5 Å². The summed E-state index contributed by atoms with van der Waals surface area (Å²) in [5.74, 6) is 0. The Morgan fingerprint density at radius 2 is 2.00 bits per heavy atom. The largest absolute Gasteiger partial charge is 0.351 e. The van der Waals surface area contributed by atoms with Crippen molar-refractivity contribution in [2.24, 2.45) is 5.73 Å². The molecule has 0 unspecified atom stereocenters. The second-order valence-electron chi connectivity index (χ2n) is 3.96. The fourth-order valence-corrected chi connectivity index (χ4v) is 1.74. The van der Waals surface area contributed by atoms with Crippen LogP contribution in [-0.2, 0) is 6.42 Å². The topological polar surface area (TPSA) is 55.1 Å². The van der Waals surface area contributed by atoms with Crippen LogP contribution in [-0.4, -0.2) is 6.03 Å². The van der Waals surface area contributed by atoms with E-state index in [9.17, 15) is 4.79 Å². The van der Waals surface area contributed by atoms with Crippen LogP contribution in [0.5, 0.6) is 0 Å². The van der Waals surface area contributed by atoms with E-state index in [2.05, 4.69) is 12.2 Å². The second-order valence-corrected chi connectivity index (χ2v) is 3.96. The van der Waals surface area contributed by atoms with Gasteiger partial charge in [0.1, 0.15) is 0 Å². The first kappa shape index (κ1) is 12.6. The Morgan fingerprint density at radius 1 is 1.25 bits per heavy atom. The molecule has 3 N–H and O–H groups in total. The van der Waals surface area contributed by atoms with Crippen molar-refractivity contribution in [2.75, 3.05) is 5.32 Å². The molecule has 0 radical (unpaired) electrons. The van der Waals surface area contributed by atoms with Gasteiger partial charge < -0.3 is 11.1 Å². The molecule has 3 nitrogen and oxygen atoms in total. The predicted octanol–water partition coefficient (Wildman–Crippen LogP) is 3.30. The van der Waals surface area contributed by atoms with E-state index in [0.717, 1.165) is 24.1 Å². The normalized spacial score (nSPS) is 10.1. The van der Waals surface area contributed by atoms with Crippen LogP contribution in [0.25, 0.3) is 0 Å². The summed E-state index contributed by atoms with van der Waals surface area (Å²) in [5.41, 5.74) is 7.12. The molecule has 0 spiro atoms. The molecule has 0 saturated heterocycles. The van der Waals surface area contributed by atoms with Gasteiger partial charge in [0.05, 0.1) is 0 Å². The molecule has 1 aromatic rings. The van der Waals surface area contributed by atoms with E-state index in [1.165, 1.54) is 19.3 Å². The highest BCUT2D eigenvalue weighted by atomic mass is 16.2. The van der Waals surface area contributed by atoms with Crippen LogP contribution in [0, 0.1) is 0 Å². The van der Waals surface area contributed by atoms with Gasteiger partial charge in [0, 0.05) is 5.69 Å². The maximum Gasteiger partial charge on any atom is 0.316 e. The minimum absolute atomic E-state index is 0.499. The lowest BCUT2D eigenvalue weighted by Gasteiger charge is -2.09. The van der Waals surface area contributed by atoms with Crippen molar-refractivity contribution < 1.29 is 4.79 Å². The van der Waals surface area contributed by atoms with Gasteiger partial charge in [0.25, 0.3) is 0 Å². The van der Waals surface area contributed by atoms with E-state index in [1.807, 2.05) is 24.3 Å². The number of nitrogens with two attached hydrogens (primary N) is 1. The molecule has 0 atom stereocenters. The molecule has 0 aromatic heterocycles. The third-order valence-corrected chi connectivity index (χ3v) is 2.57. The van der Waals surface area contributed by atoms with E-state index < -0.39 is 6.03 Å². The number of aryl methyl sites for hydroxylation is 1. The lowest BCUT2D eigenvalue weighted by molar-refractivity contribution is 0.259. The molecule has 3 heteroatoms. The molecule has 16 heavy (non-hydrogen) atoms. The highest BCUT2D eigenvalue weighted by Crippen LogP contribution is 2.17. The molecule has 0 aliphatic heterocycles. The van der Waals surface area contributed by atoms with Crippen LogP contribution in [0.3, 0.4) is 0 Å². The number of urea groups is 1. The zero-order chi connectivity index (χ0) is 11.8. The summed E-state index contributed by atoms with van der Waals surface area (Å²) in [6, 6.07) is 7.32. The van der Waals surface area contributed by atoms with Crippen LogP contribution in [0.15, 0.2) is 24.3 Å². The molecule has 1 aromatic carbocycles. The summed E-state index contributed by atoms with van der Waals surface area (Å²) in [5, 5.41) is 2.65. The number of para-hydroxylation sites is 1. The monoisotopic (exact) mass is 220 g/mol. The van der Waals surface area contributed by atoms with Gasteiger partial charge in [-0.2, -0.15) is 0 Å². The number of amides is 2. The Labute approximate surface area is 97.0 Å². The lowest BCUT2D eigenvalue weighted by atomic mass is 10.0. The first-order valence-electron chi connectivity index (χ1n) is 5.88. The molecule has 88 valence electrons. The van der Waals surface area contributed by atoms with E-state index in [4.69, 9.17) is 5.73 Å². The number of hydrogen-bond donors (Lipinski definition) is 2. The van der Waals surface area contributed by atoms with E-state index in [1.54, 1.807) is 0 Å². The third kappa shape index (κ3) is 4.34. The van der Waals surface area contributed by atoms with Crippen molar-refractivity contribution in [3.63, 3.8) is 0 Å². The molecule has 0 saturated carbocycles. The average molecular weight is 220 g/mol. The molecule has 2 amide bonds. The number of benzene rings is 1. The number of rotatable bonds is 6. The number of carbonyl (C=O) groups excluding carboxylic acids is 1. The highest BCUT2D eigenvalue weighted by Gasteiger charge is 2.02. The Morgan fingerprint density at radius 3 is 2.69 bits per heavy atom. The summed E-state index contributed by atoms with van der Waals surface area (Å²) < 4.78 is 0. The van der Waals surface area contributed by atoms with Gasteiger partial charge in [0.15, 0.2) is 0 Å². The molecule has 0 heterocycles. The van der Waals surface area contributed by atoms with E-state index >= 15 is 0 Å². The third-order valence-electron chi connectivity index (χ3n) is 2.57. The van der Waals surface area contributed by atoms with Gasteiger partial charge in [-0.1, -0.05) is 44.4 Å². The number of anilines is 1. The van der Waals surface area contributed by atoms with E-state index in [0.29, 0.717) is 0 Å². The number of carbonyl (C=O) groups is 1. The lowest BCUT2D eigenvalue weighted by Crippen LogP contribution is -2.20. The second kappa shape index (κ2) is 6.88. The number of hydrogen-bond acceptors (Lipinski definition) is 1. The predicted molar refractivity (Wildman–Crippen MR) is 67.5 cm³/mol. The maximum atomic E-state index is 10.8.